The molecule has 0 bridgehead atoms. The van der Waals surface area contributed by atoms with E-state index in [1.165, 1.54) is 25.1 Å². The predicted molar refractivity (Wildman–Crippen MR) is 70.1 cm³/mol. The van der Waals surface area contributed by atoms with Gasteiger partial charge < -0.3 is 16.4 Å². The maximum Gasteiger partial charge on any atom is 0.244 e. The Kier molecular flexibility index (Phi) is 3.53. The normalized spacial score (nSPS) is 16.4. The van der Waals surface area contributed by atoms with Crippen molar-refractivity contribution in [2.75, 3.05) is 10.6 Å². The minimum atomic E-state index is -0.817. The molecule has 102 valence electrons. The van der Waals surface area contributed by atoms with Crippen LogP contribution in [0, 0.1) is 5.82 Å². The molecular formula is C13H16FN3O2. The summed E-state index contributed by atoms with van der Waals surface area (Å²) in [6, 6.07) is 3.99. The molecule has 1 saturated carbocycles. The van der Waals surface area contributed by atoms with E-state index >= 15 is 0 Å². The molecule has 0 heterocycles. The molecule has 0 aromatic heterocycles. The Labute approximate surface area is 110 Å². The van der Waals surface area contributed by atoms with Crippen LogP contribution in [-0.4, -0.2) is 17.4 Å². The molecule has 0 radical (unpaired) electrons. The first kappa shape index (κ1) is 13.5. The van der Waals surface area contributed by atoms with E-state index in [2.05, 4.69) is 10.6 Å². The molecule has 1 fully saturated rings. The molecule has 6 heteroatoms. The molecular weight excluding hydrogens is 249 g/mol. The zero-order valence-electron chi connectivity index (χ0n) is 10.6. The van der Waals surface area contributed by atoms with Gasteiger partial charge in [-0.15, -0.1) is 0 Å². The molecule has 1 aromatic rings. The van der Waals surface area contributed by atoms with Crippen molar-refractivity contribution >= 4 is 23.2 Å². The van der Waals surface area contributed by atoms with E-state index in [0.717, 1.165) is 6.42 Å². The van der Waals surface area contributed by atoms with Crippen LogP contribution in [0.5, 0.6) is 0 Å². The third-order valence-electron chi connectivity index (χ3n) is 3.23. The Hall–Kier alpha value is -1.95. The lowest BCUT2D eigenvalue weighted by atomic mass is 9.77. The maximum absolute atomic E-state index is 13.4. The lowest BCUT2D eigenvalue weighted by Gasteiger charge is -2.36. The molecule has 2 amide bonds. The van der Waals surface area contributed by atoms with Gasteiger partial charge in [0.25, 0.3) is 0 Å². The molecule has 2 rings (SSSR count). The van der Waals surface area contributed by atoms with Crippen molar-refractivity contribution < 1.29 is 14.0 Å². The molecule has 0 unspecified atom stereocenters. The number of nitrogens with one attached hydrogen (secondary N) is 2. The Bertz CT molecular complexity index is 527. The van der Waals surface area contributed by atoms with Crippen LogP contribution in [0.3, 0.4) is 0 Å². The predicted octanol–water partition coefficient (Wildman–Crippen LogP) is 1.60. The van der Waals surface area contributed by atoms with E-state index in [0.29, 0.717) is 18.5 Å². The Morgan fingerprint density at radius 2 is 2.00 bits per heavy atom. The van der Waals surface area contributed by atoms with Crippen LogP contribution in [0.2, 0.25) is 0 Å². The summed E-state index contributed by atoms with van der Waals surface area (Å²) in [5, 5.41) is 5.00. The number of carbonyl (C=O) groups is 2. The Morgan fingerprint density at radius 1 is 1.32 bits per heavy atom. The van der Waals surface area contributed by atoms with Gasteiger partial charge in [-0.1, -0.05) is 0 Å². The third-order valence-corrected chi connectivity index (χ3v) is 3.23. The number of anilines is 2. The molecule has 0 saturated heterocycles. The summed E-state index contributed by atoms with van der Waals surface area (Å²) in [7, 11) is 0. The average Bonchev–Trinajstić information content (AvgIpc) is 2.29. The van der Waals surface area contributed by atoms with Crippen molar-refractivity contribution in [2.24, 2.45) is 5.73 Å². The van der Waals surface area contributed by atoms with Crippen LogP contribution >= 0.6 is 0 Å². The molecule has 0 atom stereocenters. The summed E-state index contributed by atoms with van der Waals surface area (Å²) in [5.74, 6) is -1.21. The summed E-state index contributed by atoms with van der Waals surface area (Å²) >= 11 is 0. The van der Waals surface area contributed by atoms with Crippen LogP contribution in [0.1, 0.15) is 26.2 Å². The van der Waals surface area contributed by atoms with Crippen LogP contribution in [0.4, 0.5) is 15.8 Å². The van der Waals surface area contributed by atoms with Crippen molar-refractivity contribution in [2.45, 2.75) is 31.7 Å². The van der Waals surface area contributed by atoms with Gasteiger partial charge in [0.2, 0.25) is 11.8 Å². The SMILES string of the molecule is CC(=O)Nc1cc(NC(=O)C2(N)CCC2)ccc1F. The van der Waals surface area contributed by atoms with Gasteiger partial charge in [0.15, 0.2) is 0 Å². The summed E-state index contributed by atoms with van der Waals surface area (Å²) in [5.41, 5.74) is 5.51. The maximum atomic E-state index is 13.4. The quantitative estimate of drug-likeness (QED) is 0.776. The topological polar surface area (TPSA) is 84.2 Å². The van der Waals surface area contributed by atoms with Crippen LogP contribution < -0.4 is 16.4 Å². The van der Waals surface area contributed by atoms with Crippen LogP contribution in [0.25, 0.3) is 0 Å². The van der Waals surface area contributed by atoms with Gasteiger partial charge in [-0.05, 0) is 37.5 Å². The Balaban J connectivity index is 2.12. The van der Waals surface area contributed by atoms with Gasteiger partial charge in [-0.3, -0.25) is 9.59 Å². The van der Waals surface area contributed by atoms with E-state index in [1.54, 1.807) is 0 Å². The highest BCUT2D eigenvalue weighted by molar-refractivity contribution is 5.99. The van der Waals surface area contributed by atoms with E-state index in [4.69, 9.17) is 5.73 Å². The summed E-state index contributed by atoms with van der Waals surface area (Å²) in [4.78, 5) is 22.8. The number of benzene rings is 1. The number of halogens is 1. The zero-order valence-corrected chi connectivity index (χ0v) is 10.6. The van der Waals surface area contributed by atoms with Crippen LogP contribution in [0.15, 0.2) is 18.2 Å². The molecule has 0 aliphatic heterocycles. The van der Waals surface area contributed by atoms with E-state index < -0.39 is 11.4 Å². The highest BCUT2D eigenvalue weighted by Crippen LogP contribution is 2.30. The molecule has 1 aliphatic carbocycles. The molecule has 19 heavy (non-hydrogen) atoms. The first-order valence-corrected chi connectivity index (χ1v) is 6.08. The minimum Gasteiger partial charge on any atom is -0.324 e. The molecule has 1 aliphatic rings. The van der Waals surface area contributed by atoms with Gasteiger partial charge >= 0.3 is 0 Å². The van der Waals surface area contributed by atoms with Gasteiger partial charge in [0.05, 0.1) is 11.2 Å². The zero-order chi connectivity index (χ0) is 14.0. The van der Waals surface area contributed by atoms with Crippen molar-refractivity contribution in [1.29, 1.82) is 0 Å². The van der Waals surface area contributed by atoms with Crippen molar-refractivity contribution in [3.8, 4) is 0 Å². The molecule has 4 N–H and O–H groups in total. The molecule has 5 nitrogen and oxygen atoms in total. The first-order chi connectivity index (χ1) is 8.90. The average molecular weight is 265 g/mol. The van der Waals surface area contributed by atoms with E-state index in [1.807, 2.05) is 0 Å². The fraction of sp³-hybridized carbons (Fsp3) is 0.385. The van der Waals surface area contributed by atoms with Gasteiger partial charge in [-0.2, -0.15) is 0 Å². The van der Waals surface area contributed by atoms with Gasteiger partial charge in [0.1, 0.15) is 5.82 Å². The standard InChI is InChI=1S/C13H16FN3O2/c1-8(18)16-11-7-9(3-4-10(11)14)17-12(19)13(15)5-2-6-13/h3-4,7H,2,5-6,15H2,1H3,(H,16,18)(H,17,19). The lowest BCUT2D eigenvalue weighted by molar-refractivity contribution is -0.123. The summed E-state index contributed by atoms with van der Waals surface area (Å²) in [6.07, 6.45) is 2.24. The van der Waals surface area contributed by atoms with Gasteiger partial charge in [0, 0.05) is 12.6 Å². The third kappa shape index (κ3) is 2.90. The number of hydrogen-bond acceptors (Lipinski definition) is 3. The van der Waals surface area contributed by atoms with E-state index in [-0.39, 0.29) is 17.5 Å². The number of nitrogens with two attached hydrogens (primary N) is 1. The van der Waals surface area contributed by atoms with Crippen molar-refractivity contribution in [1.82, 2.24) is 0 Å². The van der Waals surface area contributed by atoms with Crippen LogP contribution in [-0.2, 0) is 9.59 Å². The number of carbonyl (C=O) groups excluding carboxylic acids is 2. The minimum absolute atomic E-state index is 0.0324. The van der Waals surface area contributed by atoms with E-state index in [9.17, 15) is 14.0 Å². The first-order valence-electron chi connectivity index (χ1n) is 6.08. The second-order valence-corrected chi connectivity index (χ2v) is 4.84. The number of amides is 2. The number of rotatable bonds is 3. The monoisotopic (exact) mass is 265 g/mol. The lowest BCUT2D eigenvalue weighted by Crippen LogP contribution is -2.56. The fourth-order valence-corrected chi connectivity index (χ4v) is 1.93. The largest absolute Gasteiger partial charge is 0.324 e. The Morgan fingerprint density at radius 3 is 2.53 bits per heavy atom. The second kappa shape index (κ2) is 4.97. The molecule has 0 spiro atoms. The molecule has 1 aromatic carbocycles. The number of hydrogen-bond donors (Lipinski definition) is 3. The van der Waals surface area contributed by atoms with Gasteiger partial charge in [-0.25, -0.2) is 4.39 Å². The van der Waals surface area contributed by atoms with Crippen molar-refractivity contribution in [3.63, 3.8) is 0 Å². The summed E-state index contributed by atoms with van der Waals surface area (Å²) < 4.78 is 13.4. The highest BCUT2D eigenvalue weighted by Gasteiger charge is 2.40. The highest BCUT2D eigenvalue weighted by atomic mass is 19.1. The second-order valence-electron chi connectivity index (χ2n) is 4.84. The summed E-state index contributed by atoms with van der Waals surface area (Å²) in [6.45, 7) is 1.29. The van der Waals surface area contributed by atoms with Crippen molar-refractivity contribution in [3.05, 3.63) is 24.0 Å². The fourth-order valence-electron chi connectivity index (χ4n) is 1.93. The smallest absolute Gasteiger partial charge is 0.244 e.